The molecule has 1 aliphatic heterocycles. The van der Waals surface area contributed by atoms with Gasteiger partial charge in [0, 0.05) is 25.3 Å². The van der Waals surface area contributed by atoms with Crippen molar-refractivity contribution in [2.24, 2.45) is 5.92 Å². The number of ether oxygens (including phenoxy) is 1. The molecule has 0 spiro atoms. The zero-order valence-electron chi connectivity index (χ0n) is 17.4. The first kappa shape index (κ1) is 20.2. The van der Waals surface area contributed by atoms with Crippen LogP contribution in [-0.4, -0.2) is 40.4 Å². The summed E-state index contributed by atoms with van der Waals surface area (Å²) in [6.07, 6.45) is 2.04. The van der Waals surface area contributed by atoms with Gasteiger partial charge in [-0.1, -0.05) is 19.1 Å². The standard InChI is InChI=1S/C22H32N4O2/c1-5-28-20-10-8-19(9-11-20)21-7-6-12-25(21)22(27)23-14-16(2)15-26-18(4)13-17(3)24-26/h8-11,13,16,21H,5-7,12,14-15H2,1-4H3,(H,23,27). The normalized spacial score (nSPS) is 17.6. The zero-order valence-corrected chi connectivity index (χ0v) is 17.4. The number of aryl methyl sites for hydroxylation is 2. The molecule has 2 aromatic rings. The smallest absolute Gasteiger partial charge is 0.317 e. The number of urea groups is 1. The van der Waals surface area contributed by atoms with Gasteiger partial charge in [-0.3, -0.25) is 4.68 Å². The number of hydrogen-bond acceptors (Lipinski definition) is 3. The van der Waals surface area contributed by atoms with Crippen molar-refractivity contribution >= 4 is 6.03 Å². The molecular formula is C22H32N4O2. The molecular weight excluding hydrogens is 352 g/mol. The van der Waals surface area contributed by atoms with Gasteiger partial charge in [-0.05, 0) is 63.3 Å². The molecule has 2 unspecified atom stereocenters. The highest BCUT2D eigenvalue weighted by atomic mass is 16.5. The Balaban J connectivity index is 1.54. The van der Waals surface area contributed by atoms with Crippen LogP contribution in [0.5, 0.6) is 5.75 Å². The molecule has 1 saturated heterocycles. The summed E-state index contributed by atoms with van der Waals surface area (Å²) in [5.74, 6) is 1.19. The number of nitrogens with zero attached hydrogens (tertiary/aromatic N) is 3. The van der Waals surface area contributed by atoms with Crippen LogP contribution in [0.1, 0.15) is 49.7 Å². The Labute approximate surface area is 167 Å². The van der Waals surface area contributed by atoms with Gasteiger partial charge in [-0.2, -0.15) is 5.10 Å². The van der Waals surface area contributed by atoms with Crippen LogP contribution >= 0.6 is 0 Å². The molecule has 1 aromatic heterocycles. The highest BCUT2D eigenvalue weighted by molar-refractivity contribution is 5.75. The molecule has 0 bridgehead atoms. The first-order valence-electron chi connectivity index (χ1n) is 10.3. The molecule has 6 nitrogen and oxygen atoms in total. The van der Waals surface area contributed by atoms with Crippen LogP contribution in [-0.2, 0) is 6.54 Å². The summed E-state index contributed by atoms with van der Waals surface area (Å²) in [6.45, 7) is 11.1. The SMILES string of the molecule is CCOc1ccc(C2CCCN2C(=O)NCC(C)Cn2nc(C)cc2C)cc1. The minimum absolute atomic E-state index is 0.0246. The Hall–Kier alpha value is -2.50. The third kappa shape index (κ3) is 4.86. The van der Waals surface area contributed by atoms with Crippen LogP contribution in [0.25, 0.3) is 0 Å². The number of benzene rings is 1. The molecule has 1 aliphatic rings. The number of likely N-dealkylation sites (tertiary alicyclic amines) is 1. The van der Waals surface area contributed by atoms with E-state index in [4.69, 9.17) is 4.74 Å². The Morgan fingerprint density at radius 2 is 2.07 bits per heavy atom. The highest BCUT2D eigenvalue weighted by Crippen LogP contribution is 2.32. The molecule has 1 aromatic carbocycles. The summed E-state index contributed by atoms with van der Waals surface area (Å²) in [7, 11) is 0. The van der Waals surface area contributed by atoms with Gasteiger partial charge in [0.05, 0.1) is 18.3 Å². The quantitative estimate of drug-likeness (QED) is 0.782. The fraction of sp³-hybridized carbons (Fsp3) is 0.545. The zero-order chi connectivity index (χ0) is 20.1. The first-order valence-corrected chi connectivity index (χ1v) is 10.3. The van der Waals surface area contributed by atoms with Crippen LogP contribution < -0.4 is 10.1 Å². The van der Waals surface area contributed by atoms with E-state index in [1.54, 1.807) is 0 Å². The second kappa shape index (κ2) is 9.13. The molecule has 6 heteroatoms. The number of carbonyl (C=O) groups excluding carboxylic acids is 1. The Kier molecular flexibility index (Phi) is 6.60. The maximum Gasteiger partial charge on any atom is 0.317 e. The summed E-state index contributed by atoms with van der Waals surface area (Å²) in [6, 6.07) is 10.4. The van der Waals surface area contributed by atoms with Gasteiger partial charge in [-0.25, -0.2) is 4.79 Å². The molecule has 2 heterocycles. The van der Waals surface area contributed by atoms with Crippen LogP contribution in [0, 0.1) is 19.8 Å². The molecule has 1 fully saturated rings. The molecule has 3 rings (SSSR count). The van der Waals surface area contributed by atoms with Crippen LogP contribution in [0.15, 0.2) is 30.3 Å². The largest absolute Gasteiger partial charge is 0.494 e. The predicted octanol–water partition coefficient (Wildman–Crippen LogP) is 4.08. The minimum Gasteiger partial charge on any atom is -0.494 e. The van der Waals surface area contributed by atoms with Crippen LogP contribution in [0.4, 0.5) is 4.79 Å². The van der Waals surface area contributed by atoms with Gasteiger partial charge in [0.15, 0.2) is 0 Å². The molecule has 2 atom stereocenters. The second-order valence-electron chi connectivity index (χ2n) is 7.75. The van der Waals surface area contributed by atoms with E-state index in [2.05, 4.69) is 42.5 Å². The average molecular weight is 385 g/mol. The summed E-state index contributed by atoms with van der Waals surface area (Å²) in [4.78, 5) is 14.8. The molecule has 0 saturated carbocycles. The highest BCUT2D eigenvalue weighted by Gasteiger charge is 2.30. The van der Waals surface area contributed by atoms with Crippen molar-refractivity contribution in [3.63, 3.8) is 0 Å². The molecule has 0 aliphatic carbocycles. The average Bonchev–Trinajstić information content (AvgIpc) is 3.27. The summed E-state index contributed by atoms with van der Waals surface area (Å²) < 4.78 is 7.54. The van der Waals surface area contributed by atoms with Crippen molar-refractivity contribution in [1.29, 1.82) is 0 Å². The molecule has 2 amide bonds. The van der Waals surface area contributed by atoms with E-state index in [1.807, 2.05) is 35.6 Å². The van der Waals surface area contributed by atoms with Crippen molar-refractivity contribution in [2.75, 3.05) is 19.7 Å². The maximum atomic E-state index is 12.8. The van der Waals surface area contributed by atoms with E-state index in [0.717, 1.165) is 43.1 Å². The van der Waals surface area contributed by atoms with Crippen molar-refractivity contribution in [2.45, 2.75) is 53.1 Å². The van der Waals surface area contributed by atoms with E-state index >= 15 is 0 Å². The Morgan fingerprint density at radius 1 is 1.32 bits per heavy atom. The van der Waals surface area contributed by atoms with Crippen molar-refractivity contribution < 1.29 is 9.53 Å². The van der Waals surface area contributed by atoms with Crippen LogP contribution in [0.2, 0.25) is 0 Å². The lowest BCUT2D eigenvalue weighted by Crippen LogP contribution is -2.41. The van der Waals surface area contributed by atoms with E-state index in [0.29, 0.717) is 19.1 Å². The monoisotopic (exact) mass is 384 g/mol. The van der Waals surface area contributed by atoms with Crippen molar-refractivity contribution in [3.8, 4) is 5.75 Å². The lowest BCUT2D eigenvalue weighted by atomic mass is 10.0. The third-order valence-corrected chi connectivity index (χ3v) is 5.28. The number of carbonyl (C=O) groups is 1. The van der Waals surface area contributed by atoms with Gasteiger partial charge < -0.3 is 15.0 Å². The summed E-state index contributed by atoms with van der Waals surface area (Å²) in [5.41, 5.74) is 3.36. The number of nitrogens with one attached hydrogen (secondary N) is 1. The van der Waals surface area contributed by atoms with E-state index < -0.39 is 0 Å². The van der Waals surface area contributed by atoms with E-state index in [9.17, 15) is 4.79 Å². The second-order valence-corrected chi connectivity index (χ2v) is 7.75. The van der Waals surface area contributed by atoms with Gasteiger partial charge in [-0.15, -0.1) is 0 Å². The van der Waals surface area contributed by atoms with Crippen LogP contribution in [0.3, 0.4) is 0 Å². The summed E-state index contributed by atoms with van der Waals surface area (Å²) >= 11 is 0. The molecule has 1 N–H and O–H groups in total. The number of hydrogen-bond donors (Lipinski definition) is 1. The van der Waals surface area contributed by atoms with Crippen molar-refractivity contribution in [1.82, 2.24) is 20.0 Å². The van der Waals surface area contributed by atoms with Gasteiger partial charge >= 0.3 is 6.03 Å². The van der Waals surface area contributed by atoms with E-state index in [1.165, 1.54) is 5.56 Å². The Morgan fingerprint density at radius 3 is 2.71 bits per heavy atom. The summed E-state index contributed by atoms with van der Waals surface area (Å²) in [5, 5.41) is 7.63. The first-order chi connectivity index (χ1) is 13.5. The van der Waals surface area contributed by atoms with E-state index in [-0.39, 0.29) is 12.1 Å². The number of aromatic nitrogens is 2. The van der Waals surface area contributed by atoms with Gasteiger partial charge in [0.25, 0.3) is 0 Å². The third-order valence-electron chi connectivity index (χ3n) is 5.28. The predicted molar refractivity (Wildman–Crippen MR) is 111 cm³/mol. The van der Waals surface area contributed by atoms with Gasteiger partial charge in [0.2, 0.25) is 0 Å². The molecule has 28 heavy (non-hydrogen) atoms. The number of amides is 2. The Bertz CT molecular complexity index is 784. The fourth-order valence-electron chi connectivity index (χ4n) is 3.89. The molecule has 152 valence electrons. The lowest BCUT2D eigenvalue weighted by molar-refractivity contribution is 0.190. The van der Waals surface area contributed by atoms with Gasteiger partial charge in [0.1, 0.15) is 5.75 Å². The topological polar surface area (TPSA) is 59.4 Å². The maximum absolute atomic E-state index is 12.8. The lowest BCUT2D eigenvalue weighted by Gasteiger charge is -2.26. The minimum atomic E-state index is 0.0246. The van der Waals surface area contributed by atoms with Crippen molar-refractivity contribution in [3.05, 3.63) is 47.3 Å². The molecule has 0 radical (unpaired) electrons. The number of rotatable bonds is 7. The fourth-order valence-corrected chi connectivity index (χ4v) is 3.89.